The van der Waals surface area contributed by atoms with E-state index in [1.165, 1.54) is 18.2 Å². The minimum Gasteiger partial charge on any atom is -0.484 e. The Labute approximate surface area is 166 Å². The summed E-state index contributed by atoms with van der Waals surface area (Å²) < 4.78 is 16.3. The van der Waals surface area contributed by atoms with Crippen LogP contribution in [0.15, 0.2) is 34.7 Å². The highest BCUT2D eigenvalue weighted by Gasteiger charge is 2.15. The number of carbonyl (C=O) groups is 1. The fraction of sp³-hybridized carbons (Fsp3) is 0.389. The highest BCUT2D eigenvalue weighted by Crippen LogP contribution is 2.29. The molecule has 1 aromatic carbocycles. The van der Waals surface area contributed by atoms with Gasteiger partial charge in [0, 0.05) is 38.3 Å². The van der Waals surface area contributed by atoms with Gasteiger partial charge in [0.15, 0.2) is 5.76 Å². The third-order valence-corrected chi connectivity index (χ3v) is 4.49. The molecule has 150 valence electrons. The van der Waals surface area contributed by atoms with E-state index in [9.17, 15) is 14.9 Å². The smallest absolute Gasteiger partial charge is 0.287 e. The van der Waals surface area contributed by atoms with Crippen molar-refractivity contribution >= 4 is 23.2 Å². The maximum Gasteiger partial charge on any atom is 0.287 e. The minimum absolute atomic E-state index is 0.0403. The van der Waals surface area contributed by atoms with Crippen LogP contribution in [0.2, 0.25) is 5.02 Å². The van der Waals surface area contributed by atoms with Crippen molar-refractivity contribution in [3.63, 3.8) is 0 Å². The first-order valence-electron chi connectivity index (χ1n) is 8.76. The number of rotatable bonds is 8. The number of hydrogen-bond acceptors (Lipinski definition) is 7. The zero-order valence-corrected chi connectivity index (χ0v) is 15.8. The third kappa shape index (κ3) is 5.44. The Bertz CT molecular complexity index is 834. The fourth-order valence-electron chi connectivity index (χ4n) is 2.69. The van der Waals surface area contributed by atoms with E-state index in [1.807, 2.05) is 0 Å². The summed E-state index contributed by atoms with van der Waals surface area (Å²) in [6, 6.07) is 7.14. The van der Waals surface area contributed by atoms with Gasteiger partial charge < -0.3 is 19.2 Å². The van der Waals surface area contributed by atoms with Crippen molar-refractivity contribution in [3.8, 4) is 5.75 Å². The second-order valence-corrected chi connectivity index (χ2v) is 6.54. The molecule has 2 heterocycles. The topological polar surface area (TPSA) is 107 Å². The van der Waals surface area contributed by atoms with E-state index in [1.54, 1.807) is 12.1 Å². The SMILES string of the molecule is O=C(NCCN1CCOCC1)c1ccc(COc2ccc([N+](=O)[O-])cc2Cl)o1. The van der Waals surface area contributed by atoms with Gasteiger partial charge in [0.05, 0.1) is 23.2 Å². The Morgan fingerprint density at radius 3 is 2.79 bits per heavy atom. The van der Waals surface area contributed by atoms with E-state index >= 15 is 0 Å². The van der Waals surface area contributed by atoms with Crippen molar-refractivity contribution in [1.82, 2.24) is 10.2 Å². The van der Waals surface area contributed by atoms with Crippen molar-refractivity contribution in [2.24, 2.45) is 0 Å². The minimum atomic E-state index is -0.536. The summed E-state index contributed by atoms with van der Waals surface area (Å²) in [6.07, 6.45) is 0. The Kier molecular flexibility index (Phi) is 6.85. The molecule has 1 aliphatic rings. The number of halogens is 1. The molecule has 0 saturated carbocycles. The zero-order valence-electron chi connectivity index (χ0n) is 15.1. The molecule has 9 nitrogen and oxygen atoms in total. The molecule has 1 N–H and O–H groups in total. The average Bonchev–Trinajstić information content (AvgIpc) is 3.17. The molecule has 0 unspecified atom stereocenters. The van der Waals surface area contributed by atoms with Gasteiger partial charge in [-0.25, -0.2) is 0 Å². The van der Waals surface area contributed by atoms with E-state index in [4.69, 9.17) is 25.5 Å². The van der Waals surface area contributed by atoms with Crippen molar-refractivity contribution < 1.29 is 23.6 Å². The summed E-state index contributed by atoms with van der Waals surface area (Å²) in [5.41, 5.74) is -0.119. The molecule has 1 saturated heterocycles. The van der Waals surface area contributed by atoms with Crippen LogP contribution in [0, 0.1) is 10.1 Å². The molecule has 1 aliphatic heterocycles. The van der Waals surface area contributed by atoms with Gasteiger partial charge in [-0.2, -0.15) is 0 Å². The Balaban J connectivity index is 1.47. The number of nitro groups is 1. The molecule has 0 atom stereocenters. The summed E-state index contributed by atoms with van der Waals surface area (Å²) in [4.78, 5) is 24.6. The van der Waals surface area contributed by atoms with Gasteiger partial charge in [-0.3, -0.25) is 19.8 Å². The van der Waals surface area contributed by atoms with Gasteiger partial charge in [0.25, 0.3) is 11.6 Å². The van der Waals surface area contributed by atoms with Crippen LogP contribution in [0.3, 0.4) is 0 Å². The van der Waals surface area contributed by atoms with Crippen LogP contribution in [-0.2, 0) is 11.3 Å². The molecule has 1 fully saturated rings. The number of nitrogens with one attached hydrogen (secondary N) is 1. The molecular weight excluding hydrogens is 390 g/mol. The van der Waals surface area contributed by atoms with Crippen molar-refractivity contribution in [2.75, 3.05) is 39.4 Å². The number of furan rings is 1. The van der Waals surface area contributed by atoms with Crippen molar-refractivity contribution in [3.05, 3.63) is 57.0 Å². The molecule has 1 aromatic heterocycles. The molecule has 0 radical (unpaired) electrons. The van der Waals surface area contributed by atoms with Crippen LogP contribution in [0.1, 0.15) is 16.3 Å². The number of non-ortho nitro benzene ring substituents is 1. The summed E-state index contributed by atoms with van der Waals surface area (Å²) >= 11 is 5.98. The zero-order chi connectivity index (χ0) is 19.9. The third-order valence-electron chi connectivity index (χ3n) is 4.20. The lowest BCUT2D eigenvalue weighted by Crippen LogP contribution is -2.41. The highest BCUT2D eigenvalue weighted by atomic mass is 35.5. The van der Waals surface area contributed by atoms with Crippen LogP contribution in [-0.4, -0.2) is 55.1 Å². The van der Waals surface area contributed by atoms with Gasteiger partial charge >= 0.3 is 0 Å². The first kappa shape index (κ1) is 20.1. The van der Waals surface area contributed by atoms with Gasteiger partial charge in [-0.1, -0.05) is 11.6 Å². The number of nitro benzene ring substituents is 1. The molecule has 1 amide bonds. The summed E-state index contributed by atoms with van der Waals surface area (Å²) in [6.45, 7) is 4.47. The van der Waals surface area contributed by atoms with Crippen molar-refractivity contribution in [1.29, 1.82) is 0 Å². The maximum absolute atomic E-state index is 12.2. The summed E-state index contributed by atoms with van der Waals surface area (Å²) in [5, 5.41) is 13.7. The highest BCUT2D eigenvalue weighted by molar-refractivity contribution is 6.32. The van der Waals surface area contributed by atoms with Crippen LogP contribution in [0.4, 0.5) is 5.69 Å². The Morgan fingerprint density at radius 2 is 2.07 bits per heavy atom. The number of morpholine rings is 1. The van der Waals surface area contributed by atoms with E-state index in [2.05, 4.69) is 10.2 Å². The number of carbonyl (C=O) groups excluding carboxylic acids is 1. The Hall–Kier alpha value is -2.62. The number of nitrogens with zero attached hydrogens (tertiary/aromatic N) is 2. The molecule has 28 heavy (non-hydrogen) atoms. The number of ether oxygens (including phenoxy) is 2. The second-order valence-electron chi connectivity index (χ2n) is 6.14. The first-order chi connectivity index (χ1) is 13.5. The van der Waals surface area contributed by atoms with Crippen LogP contribution in [0.25, 0.3) is 0 Å². The number of benzene rings is 1. The second kappa shape index (κ2) is 9.54. The lowest BCUT2D eigenvalue weighted by Gasteiger charge is -2.26. The molecule has 0 aliphatic carbocycles. The van der Waals surface area contributed by atoms with E-state index in [0.29, 0.717) is 31.3 Å². The quantitative estimate of drug-likeness (QED) is 0.527. The average molecular weight is 410 g/mol. The van der Waals surface area contributed by atoms with Crippen LogP contribution < -0.4 is 10.1 Å². The van der Waals surface area contributed by atoms with Crippen molar-refractivity contribution in [2.45, 2.75) is 6.61 Å². The normalized spacial score (nSPS) is 14.6. The van der Waals surface area contributed by atoms with E-state index < -0.39 is 4.92 Å². The molecular formula is C18H20ClN3O6. The summed E-state index contributed by atoms with van der Waals surface area (Å²) in [5.74, 6) is 0.621. The lowest BCUT2D eigenvalue weighted by molar-refractivity contribution is -0.384. The lowest BCUT2D eigenvalue weighted by atomic mass is 10.3. The Morgan fingerprint density at radius 1 is 1.29 bits per heavy atom. The first-order valence-corrected chi connectivity index (χ1v) is 9.14. The van der Waals surface area contributed by atoms with E-state index in [-0.39, 0.29) is 29.0 Å². The predicted molar refractivity (Wildman–Crippen MR) is 101 cm³/mol. The largest absolute Gasteiger partial charge is 0.484 e. The van der Waals surface area contributed by atoms with Crippen LogP contribution >= 0.6 is 11.6 Å². The molecule has 0 bridgehead atoms. The van der Waals surface area contributed by atoms with E-state index in [0.717, 1.165) is 19.6 Å². The maximum atomic E-state index is 12.2. The monoisotopic (exact) mass is 409 g/mol. The van der Waals surface area contributed by atoms with Gasteiger partial charge in [0.1, 0.15) is 18.1 Å². The molecule has 10 heteroatoms. The van der Waals surface area contributed by atoms with Gasteiger partial charge in [-0.05, 0) is 18.2 Å². The van der Waals surface area contributed by atoms with Gasteiger partial charge in [-0.15, -0.1) is 0 Å². The predicted octanol–water partition coefficient (Wildman–Crippen LogP) is 2.48. The fourth-order valence-corrected chi connectivity index (χ4v) is 2.92. The molecule has 0 spiro atoms. The molecule has 3 rings (SSSR count). The molecule has 2 aromatic rings. The van der Waals surface area contributed by atoms with Gasteiger partial charge in [0.2, 0.25) is 0 Å². The standard InChI is InChI=1S/C18H20ClN3O6/c19-15-11-13(22(24)25)1-3-16(15)27-12-14-2-4-17(28-14)18(23)20-5-6-21-7-9-26-10-8-21/h1-4,11H,5-10,12H2,(H,20,23). The number of amides is 1. The summed E-state index contributed by atoms with van der Waals surface area (Å²) in [7, 11) is 0. The van der Waals surface area contributed by atoms with Crippen LogP contribution in [0.5, 0.6) is 5.75 Å². The number of hydrogen-bond donors (Lipinski definition) is 1.